The van der Waals surface area contributed by atoms with Crippen LogP contribution in [-0.4, -0.2) is 19.7 Å². The molecule has 0 radical (unpaired) electrons. The van der Waals surface area contributed by atoms with Crippen LogP contribution in [0.3, 0.4) is 0 Å². The number of rotatable bonds is 4. The Hall–Kier alpha value is -1.91. The molecule has 5 heteroatoms. The Balaban J connectivity index is 1.99. The van der Waals surface area contributed by atoms with Crippen LogP contribution in [0.4, 0.5) is 5.69 Å². The predicted molar refractivity (Wildman–Crippen MR) is 57.3 cm³/mol. The molecule has 2 heterocycles. The second-order valence-electron chi connectivity index (χ2n) is 3.12. The van der Waals surface area contributed by atoms with Crippen LogP contribution < -0.4 is 5.32 Å². The van der Waals surface area contributed by atoms with E-state index in [0.717, 1.165) is 18.1 Å². The fraction of sp³-hybridized carbons (Fsp3) is 0.300. The second kappa shape index (κ2) is 4.54. The molecule has 0 atom stereocenters. The molecule has 0 bridgehead atoms. The van der Waals surface area contributed by atoms with Crippen LogP contribution in [0.5, 0.6) is 0 Å². The Bertz CT molecular complexity index is 409. The van der Waals surface area contributed by atoms with E-state index in [1.165, 1.54) is 0 Å². The van der Waals surface area contributed by atoms with Crippen LogP contribution in [0.15, 0.2) is 30.9 Å². The number of hydrogen-bond acceptors (Lipinski definition) is 4. The Morgan fingerprint density at radius 2 is 2.13 bits per heavy atom. The number of anilines is 1. The summed E-state index contributed by atoms with van der Waals surface area (Å²) in [5, 5.41) is 11.2. The van der Waals surface area contributed by atoms with E-state index in [0.29, 0.717) is 6.54 Å². The number of nitrogens with zero attached hydrogens (tertiary/aromatic N) is 4. The molecule has 78 valence electrons. The molecule has 0 aliphatic heterocycles. The molecule has 0 aliphatic rings. The quantitative estimate of drug-likeness (QED) is 0.813. The van der Waals surface area contributed by atoms with Crippen LogP contribution in [0.25, 0.3) is 0 Å². The van der Waals surface area contributed by atoms with Crippen LogP contribution >= 0.6 is 0 Å². The molecule has 0 spiro atoms. The number of aryl methyl sites for hydroxylation is 1. The minimum atomic E-state index is 0.678. The van der Waals surface area contributed by atoms with E-state index in [-0.39, 0.29) is 0 Å². The van der Waals surface area contributed by atoms with Gasteiger partial charge in [-0.3, -0.25) is 4.98 Å². The summed E-state index contributed by atoms with van der Waals surface area (Å²) in [4.78, 5) is 3.95. The summed E-state index contributed by atoms with van der Waals surface area (Å²) in [6.07, 6.45) is 5.25. The minimum absolute atomic E-state index is 0.678. The smallest absolute Gasteiger partial charge is 0.152 e. The molecule has 0 saturated carbocycles. The van der Waals surface area contributed by atoms with E-state index in [9.17, 15) is 0 Å². The standard InChI is InChI=1S/C10H13N5/c1-2-15-8-13-14-10(15)7-12-9-3-5-11-6-4-9/h3-6,8H,2,7H2,1H3,(H,11,12). The van der Waals surface area contributed by atoms with Crippen LogP contribution in [0.2, 0.25) is 0 Å². The molecule has 5 nitrogen and oxygen atoms in total. The van der Waals surface area contributed by atoms with Gasteiger partial charge in [-0.05, 0) is 19.1 Å². The molecular formula is C10H13N5. The zero-order valence-electron chi connectivity index (χ0n) is 8.59. The van der Waals surface area contributed by atoms with Gasteiger partial charge in [-0.1, -0.05) is 0 Å². The Morgan fingerprint density at radius 1 is 1.33 bits per heavy atom. The van der Waals surface area contributed by atoms with Gasteiger partial charge in [0.15, 0.2) is 5.82 Å². The first kappa shape index (κ1) is 9.64. The van der Waals surface area contributed by atoms with Gasteiger partial charge in [0, 0.05) is 24.6 Å². The molecule has 0 aliphatic carbocycles. The number of aromatic nitrogens is 4. The molecule has 0 aromatic carbocycles. The zero-order valence-corrected chi connectivity index (χ0v) is 8.59. The van der Waals surface area contributed by atoms with Gasteiger partial charge in [-0.25, -0.2) is 0 Å². The van der Waals surface area contributed by atoms with Crippen molar-refractivity contribution in [3.63, 3.8) is 0 Å². The highest BCUT2D eigenvalue weighted by Gasteiger charge is 2.01. The molecular weight excluding hydrogens is 190 g/mol. The molecule has 2 aromatic heterocycles. The summed E-state index contributed by atoms with van der Waals surface area (Å²) in [7, 11) is 0. The van der Waals surface area contributed by atoms with Gasteiger partial charge in [0.1, 0.15) is 6.33 Å². The van der Waals surface area contributed by atoms with Gasteiger partial charge >= 0.3 is 0 Å². The van der Waals surface area contributed by atoms with Gasteiger partial charge in [-0.15, -0.1) is 10.2 Å². The third kappa shape index (κ3) is 2.31. The van der Waals surface area contributed by atoms with Gasteiger partial charge in [0.25, 0.3) is 0 Å². The molecule has 1 N–H and O–H groups in total. The van der Waals surface area contributed by atoms with Crippen LogP contribution in [-0.2, 0) is 13.1 Å². The largest absolute Gasteiger partial charge is 0.378 e. The van der Waals surface area contributed by atoms with E-state index in [1.807, 2.05) is 16.7 Å². The maximum Gasteiger partial charge on any atom is 0.152 e. The van der Waals surface area contributed by atoms with E-state index in [1.54, 1.807) is 18.7 Å². The van der Waals surface area contributed by atoms with Crippen molar-refractivity contribution in [2.45, 2.75) is 20.0 Å². The Labute approximate surface area is 88.2 Å². The first-order valence-electron chi connectivity index (χ1n) is 4.90. The van der Waals surface area contributed by atoms with Crippen molar-refractivity contribution in [1.29, 1.82) is 0 Å². The predicted octanol–water partition coefficient (Wildman–Crippen LogP) is 1.31. The third-order valence-electron chi connectivity index (χ3n) is 2.17. The SMILES string of the molecule is CCn1cnnc1CNc1ccncc1. The Kier molecular flexibility index (Phi) is 2.92. The van der Waals surface area contributed by atoms with Gasteiger partial charge in [-0.2, -0.15) is 0 Å². The van der Waals surface area contributed by atoms with Gasteiger partial charge in [0.05, 0.1) is 6.54 Å². The molecule has 2 rings (SSSR count). The number of nitrogens with one attached hydrogen (secondary N) is 1. The highest BCUT2D eigenvalue weighted by atomic mass is 15.3. The second-order valence-corrected chi connectivity index (χ2v) is 3.12. The van der Waals surface area contributed by atoms with Crippen LogP contribution in [0, 0.1) is 0 Å². The first-order chi connectivity index (χ1) is 7.40. The van der Waals surface area contributed by atoms with Crippen molar-refractivity contribution < 1.29 is 0 Å². The summed E-state index contributed by atoms with van der Waals surface area (Å²) in [5.74, 6) is 0.939. The van der Waals surface area contributed by atoms with Gasteiger partial charge in [0.2, 0.25) is 0 Å². The lowest BCUT2D eigenvalue weighted by atomic mass is 10.4. The lowest BCUT2D eigenvalue weighted by molar-refractivity contribution is 0.708. The fourth-order valence-corrected chi connectivity index (χ4v) is 1.33. The molecule has 0 unspecified atom stereocenters. The zero-order chi connectivity index (χ0) is 10.5. The molecule has 0 saturated heterocycles. The normalized spacial score (nSPS) is 10.2. The molecule has 0 fully saturated rings. The summed E-state index contributed by atoms with van der Waals surface area (Å²) in [6, 6.07) is 3.85. The summed E-state index contributed by atoms with van der Waals surface area (Å²) in [6.45, 7) is 3.64. The maximum absolute atomic E-state index is 4.04. The van der Waals surface area contributed by atoms with Crippen molar-refractivity contribution >= 4 is 5.69 Å². The summed E-state index contributed by atoms with van der Waals surface area (Å²) < 4.78 is 2.01. The van der Waals surface area contributed by atoms with E-state index in [2.05, 4.69) is 27.4 Å². The lowest BCUT2D eigenvalue weighted by Crippen LogP contribution is -2.07. The van der Waals surface area contributed by atoms with Gasteiger partial charge < -0.3 is 9.88 Å². The van der Waals surface area contributed by atoms with E-state index < -0.39 is 0 Å². The number of hydrogen-bond donors (Lipinski definition) is 1. The maximum atomic E-state index is 4.04. The fourth-order valence-electron chi connectivity index (χ4n) is 1.33. The average Bonchev–Trinajstić information content (AvgIpc) is 2.75. The van der Waals surface area contributed by atoms with Crippen molar-refractivity contribution in [2.24, 2.45) is 0 Å². The van der Waals surface area contributed by atoms with Crippen LogP contribution in [0.1, 0.15) is 12.7 Å². The Morgan fingerprint density at radius 3 is 2.87 bits per heavy atom. The highest BCUT2D eigenvalue weighted by Crippen LogP contribution is 2.05. The minimum Gasteiger partial charge on any atom is -0.378 e. The lowest BCUT2D eigenvalue weighted by Gasteiger charge is -2.06. The summed E-state index contributed by atoms with van der Waals surface area (Å²) >= 11 is 0. The van der Waals surface area contributed by atoms with Crippen molar-refractivity contribution in [3.05, 3.63) is 36.7 Å². The first-order valence-corrected chi connectivity index (χ1v) is 4.90. The van der Waals surface area contributed by atoms with E-state index >= 15 is 0 Å². The van der Waals surface area contributed by atoms with E-state index in [4.69, 9.17) is 0 Å². The van der Waals surface area contributed by atoms with Crippen molar-refractivity contribution in [3.8, 4) is 0 Å². The molecule has 15 heavy (non-hydrogen) atoms. The third-order valence-corrected chi connectivity index (χ3v) is 2.17. The molecule has 0 amide bonds. The summed E-state index contributed by atoms with van der Waals surface area (Å²) in [5.41, 5.74) is 1.04. The monoisotopic (exact) mass is 203 g/mol. The van der Waals surface area contributed by atoms with Crippen molar-refractivity contribution in [1.82, 2.24) is 19.7 Å². The molecule has 2 aromatic rings. The average molecular weight is 203 g/mol. The van der Waals surface area contributed by atoms with Crippen molar-refractivity contribution in [2.75, 3.05) is 5.32 Å². The highest BCUT2D eigenvalue weighted by molar-refractivity contribution is 5.40. The number of pyridine rings is 1. The topological polar surface area (TPSA) is 55.6 Å².